The second-order valence-electron chi connectivity index (χ2n) is 6.82. The normalized spacial score (nSPS) is 22.0. The quantitative estimate of drug-likeness (QED) is 0.833. The standard InChI is InChI=1S/C19H23N2O/c1-20(19(22)14-6-2-3-7-14)17-11-10-16-12-15-8-4-5-9-18(15)21(16)13-17/h4-5,8-9,14,17H,2-3,6-7,10-11,13H2,1H3/t17-/m1/s1. The van der Waals surface area contributed by atoms with Gasteiger partial charge in [0.05, 0.1) is 0 Å². The van der Waals surface area contributed by atoms with Crippen LogP contribution in [-0.4, -0.2) is 28.5 Å². The Kier molecular flexibility index (Phi) is 3.44. The molecule has 3 nitrogen and oxygen atoms in total. The van der Waals surface area contributed by atoms with Crippen LogP contribution in [0.25, 0.3) is 10.9 Å². The number of carbonyl (C=O) groups excluding carboxylic acids is 1. The molecule has 2 aliphatic rings. The third-order valence-electron chi connectivity index (χ3n) is 5.51. The molecule has 2 heterocycles. The van der Waals surface area contributed by atoms with Crippen LogP contribution in [0.2, 0.25) is 0 Å². The lowest BCUT2D eigenvalue weighted by Crippen LogP contribution is -2.44. The molecule has 115 valence electrons. The molecule has 3 heteroatoms. The Morgan fingerprint density at radius 2 is 2.00 bits per heavy atom. The van der Waals surface area contributed by atoms with Gasteiger partial charge in [-0.25, -0.2) is 0 Å². The summed E-state index contributed by atoms with van der Waals surface area (Å²) >= 11 is 0. The number of carbonyl (C=O) groups is 1. The molecule has 0 bridgehead atoms. The number of likely N-dealkylation sites (N-methyl/N-ethyl adjacent to an activating group) is 1. The number of aryl methyl sites for hydroxylation is 1. The number of nitrogens with zero attached hydrogens (tertiary/aromatic N) is 2. The fourth-order valence-electron chi connectivity index (χ4n) is 4.15. The van der Waals surface area contributed by atoms with Crippen LogP contribution in [0.1, 0.15) is 37.8 Å². The number of aromatic nitrogens is 1. The molecule has 1 amide bonds. The molecule has 1 aromatic heterocycles. The summed E-state index contributed by atoms with van der Waals surface area (Å²) in [6, 6.07) is 12.3. The van der Waals surface area contributed by atoms with Gasteiger partial charge >= 0.3 is 0 Å². The van der Waals surface area contributed by atoms with Gasteiger partial charge < -0.3 is 9.47 Å². The van der Waals surface area contributed by atoms with Crippen LogP contribution in [0.4, 0.5) is 0 Å². The van der Waals surface area contributed by atoms with Crippen LogP contribution in [0.3, 0.4) is 0 Å². The van der Waals surface area contributed by atoms with Gasteiger partial charge in [0.2, 0.25) is 5.91 Å². The fraction of sp³-hybridized carbons (Fsp3) is 0.526. The molecule has 4 rings (SSSR count). The minimum Gasteiger partial charge on any atom is -0.342 e. The minimum atomic E-state index is 0.277. The Morgan fingerprint density at radius 1 is 1.23 bits per heavy atom. The lowest BCUT2D eigenvalue weighted by atomic mass is 10.0. The predicted molar refractivity (Wildman–Crippen MR) is 87.6 cm³/mol. The van der Waals surface area contributed by atoms with Crippen LogP contribution >= 0.6 is 0 Å². The zero-order valence-electron chi connectivity index (χ0n) is 13.2. The Balaban J connectivity index is 1.57. The second-order valence-corrected chi connectivity index (χ2v) is 6.82. The van der Waals surface area contributed by atoms with Crippen molar-refractivity contribution >= 4 is 16.8 Å². The summed E-state index contributed by atoms with van der Waals surface area (Å²) in [7, 11) is 2.01. The fourth-order valence-corrected chi connectivity index (χ4v) is 4.15. The maximum Gasteiger partial charge on any atom is 0.225 e. The second kappa shape index (κ2) is 5.45. The molecular formula is C19H23N2O. The molecule has 1 aromatic carbocycles. The van der Waals surface area contributed by atoms with E-state index >= 15 is 0 Å². The van der Waals surface area contributed by atoms with E-state index < -0.39 is 0 Å². The Hall–Kier alpha value is -1.77. The summed E-state index contributed by atoms with van der Waals surface area (Å²) in [5.74, 6) is 0.644. The van der Waals surface area contributed by atoms with E-state index in [1.54, 1.807) is 0 Å². The Morgan fingerprint density at radius 3 is 2.82 bits per heavy atom. The zero-order chi connectivity index (χ0) is 15.1. The maximum absolute atomic E-state index is 12.7. The highest BCUT2D eigenvalue weighted by Gasteiger charge is 2.31. The number of amides is 1. The number of rotatable bonds is 2. The first kappa shape index (κ1) is 13.9. The lowest BCUT2D eigenvalue weighted by Gasteiger charge is -2.34. The summed E-state index contributed by atoms with van der Waals surface area (Å²) < 4.78 is 2.36. The van der Waals surface area contributed by atoms with E-state index in [9.17, 15) is 4.79 Å². The number of hydrogen-bond donors (Lipinski definition) is 0. The summed E-state index contributed by atoms with van der Waals surface area (Å²) in [5.41, 5.74) is 2.54. The van der Waals surface area contributed by atoms with Crippen molar-refractivity contribution in [1.29, 1.82) is 0 Å². The van der Waals surface area contributed by atoms with Gasteiger partial charge in [0, 0.05) is 48.2 Å². The number of para-hydroxylation sites is 1. The average molecular weight is 295 g/mol. The van der Waals surface area contributed by atoms with Crippen LogP contribution in [0, 0.1) is 12.0 Å². The highest BCUT2D eigenvalue weighted by Crippen LogP contribution is 2.30. The van der Waals surface area contributed by atoms with Gasteiger partial charge in [-0.05, 0) is 31.7 Å². The molecule has 1 aliphatic heterocycles. The SMILES string of the molecule is CN(C(=O)C1CCCC1)[C@@H]1CCc2[c]c3ccccc3n2C1. The van der Waals surface area contributed by atoms with E-state index in [1.165, 1.54) is 29.4 Å². The Labute approximate surface area is 131 Å². The van der Waals surface area contributed by atoms with Crippen molar-refractivity contribution in [2.45, 2.75) is 51.1 Å². The first-order valence-electron chi connectivity index (χ1n) is 8.50. The van der Waals surface area contributed by atoms with Crippen molar-refractivity contribution in [2.24, 2.45) is 5.92 Å². The lowest BCUT2D eigenvalue weighted by molar-refractivity contribution is -0.136. The Bertz CT molecular complexity index is 697. The minimum absolute atomic E-state index is 0.277. The molecule has 0 spiro atoms. The van der Waals surface area contributed by atoms with Gasteiger partial charge in [-0.3, -0.25) is 4.79 Å². The number of benzene rings is 1. The number of hydrogen-bond acceptors (Lipinski definition) is 1. The molecule has 0 N–H and O–H groups in total. The third-order valence-corrected chi connectivity index (χ3v) is 5.51. The molecule has 1 saturated carbocycles. The molecule has 1 aliphatic carbocycles. The smallest absolute Gasteiger partial charge is 0.225 e. The molecule has 0 unspecified atom stereocenters. The van der Waals surface area contributed by atoms with Gasteiger partial charge in [-0.1, -0.05) is 31.0 Å². The van der Waals surface area contributed by atoms with Crippen molar-refractivity contribution in [3.05, 3.63) is 36.0 Å². The van der Waals surface area contributed by atoms with Crippen LogP contribution in [0.15, 0.2) is 24.3 Å². The molecular weight excluding hydrogens is 272 g/mol. The summed E-state index contributed by atoms with van der Waals surface area (Å²) in [6.07, 6.45) is 6.68. The zero-order valence-corrected chi connectivity index (χ0v) is 13.2. The number of fused-ring (bicyclic) bond motifs is 3. The topological polar surface area (TPSA) is 25.2 Å². The van der Waals surface area contributed by atoms with Crippen molar-refractivity contribution < 1.29 is 4.79 Å². The van der Waals surface area contributed by atoms with Crippen molar-refractivity contribution in [3.63, 3.8) is 0 Å². The van der Waals surface area contributed by atoms with Crippen LogP contribution in [0.5, 0.6) is 0 Å². The first-order valence-corrected chi connectivity index (χ1v) is 8.50. The van der Waals surface area contributed by atoms with E-state index in [0.717, 1.165) is 32.2 Å². The van der Waals surface area contributed by atoms with Crippen molar-refractivity contribution in [2.75, 3.05) is 7.05 Å². The monoisotopic (exact) mass is 295 g/mol. The average Bonchev–Trinajstić information content (AvgIpc) is 3.20. The van der Waals surface area contributed by atoms with E-state index in [0.29, 0.717) is 11.9 Å². The van der Waals surface area contributed by atoms with Gasteiger partial charge in [-0.2, -0.15) is 0 Å². The third kappa shape index (κ3) is 2.23. The van der Waals surface area contributed by atoms with E-state index in [-0.39, 0.29) is 5.92 Å². The molecule has 1 radical (unpaired) electrons. The highest BCUT2D eigenvalue weighted by atomic mass is 16.2. The van der Waals surface area contributed by atoms with Gasteiger partial charge in [-0.15, -0.1) is 0 Å². The highest BCUT2D eigenvalue weighted by molar-refractivity contribution is 5.81. The predicted octanol–water partition coefficient (Wildman–Crippen LogP) is 3.40. The molecule has 22 heavy (non-hydrogen) atoms. The summed E-state index contributed by atoms with van der Waals surface area (Å²) in [4.78, 5) is 14.7. The van der Waals surface area contributed by atoms with Crippen molar-refractivity contribution in [1.82, 2.24) is 9.47 Å². The van der Waals surface area contributed by atoms with E-state index in [1.807, 2.05) is 11.9 Å². The largest absolute Gasteiger partial charge is 0.342 e. The molecule has 1 atom stereocenters. The van der Waals surface area contributed by atoms with E-state index in [4.69, 9.17) is 0 Å². The van der Waals surface area contributed by atoms with Crippen LogP contribution < -0.4 is 0 Å². The summed E-state index contributed by atoms with van der Waals surface area (Å²) in [5, 5.41) is 1.20. The van der Waals surface area contributed by atoms with Gasteiger partial charge in [0.1, 0.15) is 0 Å². The molecule has 2 aromatic rings. The van der Waals surface area contributed by atoms with Gasteiger partial charge in [0.15, 0.2) is 0 Å². The molecule has 0 saturated heterocycles. The van der Waals surface area contributed by atoms with Gasteiger partial charge in [0.25, 0.3) is 0 Å². The van der Waals surface area contributed by atoms with Crippen molar-refractivity contribution in [3.8, 4) is 0 Å². The van der Waals surface area contributed by atoms with E-state index in [2.05, 4.69) is 34.9 Å². The maximum atomic E-state index is 12.7. The molecule has 1 fully saturated rings. The first-order chi connectivity index (χ1) is 10.7. The van der Waals surface area contributed by atoms with Crippen LogP contribution in [-0.2, 0) is 17.8 Å². The summed E-state index contributed by atoms with van der Waals surface area (Å²) in [6.45, 7) is 0.911.